The Morgan fingerprint density at radius 1 is 0.900 bits per heavy atom. The van der Waals surface area contributed by atoms with E-state index < -0.39 is 12.3 Å². The maximum absolute atomic E-state index is 8.33. The molecule has 8 heteroatoms. The van der Waals surface area contributed by atoms with Crippen LogP contribution in [0.3, 0.4) is 0 Å². The fourth-order valence-electron chi connectivity index (χ4n) is 0. The summed E-state index contributed by atoms with van der Waals surface area (Å²) in [5, 5.41) is 33.3. The SMILES string of the molecule is O=C([O-])[O-].O=C([O-])[O-].[NH3+][Zr+3]. The molecule has 0 saturated heterocycles. The zero-order valence-corrected chi connectivity index (χ0v) is 7.11. The quantitative estimate of drug-likeness (QED) is 0.435. The van der Waals surface area contributed by atoms with E-state index in [9.17, 15) is 0 Å². The Kier molecular flexibility index (Phi) is 25.5. The van der Waals surface area contributed by atoms with Crippen molar-refractivity contribution >= 4 is 12.3 Å². The molecule has 0 aromatic carbocycles. The van der Waals surface area contributed by atoms with Crippen molar-refractivity contribution in [2.45, 2.75) is 0 Å². The van der Waals surface area contributed by atoms with Crippen molar-refractivity contribution < 1.29 is 58.7 Å². The van der Waals surface area contributed by atoms with E-state index in [1.165, 1.54) is 25.0 Å². The fraction of sp³-hybridized carbons (Fsp3) is 0. The van der Waals surface area contributed by atoms with Crippen LogP contribution in [0.4, 0.5) is 9.59 Å². The molecule has 0 aromatic rings. The van der Waals surface area contributed by atoms with E-state index in [1.54, 1.807) is 0 Å². The molecule has 0 bridgehead atoms. The van der Waals surface area contributed by atoms with Crippen LogP contribution < -0.4 is 24.1 Å². The monoisotopic (exact) mass is 227 g/mol. The van der Waals surface area contributed by atoms with Crippen LogP contribution in [0.2, 0.25) is 0 Å². The van der Waals surface area contributed by atoms with Gasteiger partial charge < -0.3 is 30.0 Å². The van der Waals surface area contributed by atoms with Crippen molar-refractivity contribution in [3.63, 3.8) is 0 Å². The van der Waals surface area contributed by atoms with Gasteiger partial charge in [0, 0.05) is 0 Å². The number of quaternary nitrogens is 1. The van der Waals surface area contributed by atoms with Gasteiger partial charge in [-0.05, 0) is 12.3 Å². The van der Waals surface area contributed by atoms with Gasteiger partial charge in [0.25, 0.3) is 0 Å². The van der Waals surface area contributed by atoms with Crippen molar-refractivity contribution in [3.05, 3.63) is 0 Å². The molecule has 7 nitrogen and oxygen atoms in total. The molecule has 0 atom stereocenters. The minimum absolute atomic E-state index is 1.30. The van der Waals surface area contributed by atoms with Gasteiger partial charge in [-0.2, -0.15) is 0 Å². The Bertz CT molecular complexity index is 73.7. The summed E-state index contributed by atoms with van der Waals surface area (Å²) in [5.74, 6) is 0. The summed E-state index contributed by atoms with van der Waals surface area (Å²) in [4.78, 5) is 16.7. The Balaban J connectivity index is -0.0000000787. The van der Waals surface area contributed by atoms with Gasteiger partial charge in [0.2, 0.25) is 0 Å². The van der Waals surface area contributed by atoms with Gasteiger partial charge in [0.15, 0.2) is 0 Å². The molecule has 10 heavy (non-hydrogen) atoms. The number of rotatable bonds is 0. The van der Waals surface area contributed by atoms with Gasteiger partial charge in [-0.3, -0.25) is 0 Å². The first-order chi connectivity index (χ1) is 4.46. The molecule has 0 radical (unpaired) electrons. The summed E-state index contributed by atoms with van der Waals surface area (Å²) in [6, 6.07) is 0. The maximum atomic E-state index is 8.33. The average Bonchev–Trinajstić information content (AvgIpc) is 1.66. The Hall–Kier alpha value is -0.617. The molecule has 0 saturated carbocycles. The summed E-state index contributed by atoms with van der Waals surface area (Å²) in [6.45, 7) is 0. The number of carboxylic acid groups (broad SMARTS) is 4. The van der Waals surface area contributed by atoms with E-state index in [4.69, 9.17) is 30.0 Å². The molecule has 0 aromatic heterocycles. The molecule has 0 aliphatic rings. The van der Waals surface area contributed by atoms with Crippen molar-refractivity contribution in [1.82, 2.24) is 0 Å². The third-order valence-corrected chi connectivity index (χ3v) is 0. The zero-order valence-electron chi connectivity index (χ0n) is 4.66. The second-order valence-electron chi connectivity index (χ2n) is 0.500. The third kappa shape index (κ3) is 790. The van der Waals surface area contributed by atoms with Gasteiger partial charge in [0.1, 0.15) is 0 Å². The molecule has 0 unspecified atom stereocenters. The van der Waals surface area contributed by atoms with Crippen LogP contribution in [-0.4, -0.2) is 12.3 Å². The summed E-state index contributed by atoms with van der Waals surface area (Å²) < 4.78 is 3.34. The summed E-state index contributed by atoms with van der Waals surface area (Å²) in [7, 11) is 0. The van der Waals surface area contributed by atoms with E-state index in [0.29, 0.717) is 0 Å². The van der Waals surface area contributed by atoms with E-state index in [0.717, 1.165) is 0 Å². The summed E-state index contributed by atoms with van der Waals surface area (Å²) >= 11 is 1.30. The van der Waals surface area contributed by atoms with Crippen molar-refractivity contribution in [2.75, 3.05) is 0 Å². The van der Waals surface area contributed by atoms with Crippen LogP contribution in [0, 0.1) is 0 Å². The Morgan fingerprint density at radius 2 is 0.900 bits per heavy atom. The molecular weight excluding hydrogens is 225 g/mol. The molecular formula is C2H3NO6Zr. The fourth-order valence-corrected chi connectivity index (χ4v) is 0. The second-order valence-corrected chi connectivity index (χ2v) is 0.500. The van der Waals surface area contributed by atoms with E-state index in [-0.39, 0.29) is 0 Å². The Labute approximate surface area is 71.3 Å². The number of carbonyl (C=O) groups is 2. The van der Waals surface area contributed by atoms with Gasteiger partial charge in [0.05, 0.1) is 0 Å². The predicted molar refractivity (Wildman–Crippen MR) is 13.7 cm³/mol. The van der Waals surface area contributed by atoms with Crippen LogP contribution in [0.1, 0.15) is 0 Å². The van der Waals surface area contributed by atoms with Crippen LogP contribution >= 0.6 is 0 Å². The van der Waals surface area contributed by atoms with Crippen molar-refractivity contribution in [1.29, 1.82) is 0 Å². The first kappa shape index (κ1) is 16.2. The molecule has 56 valence electrons. The number of hydrogen-bond donors (Lipinski definition) is 1. The van der Waals surface area contributed by atoms with Crippen LogP contribution in [0.5, 0.6) is 0 Å². The summed E-state index contributed by atoms with van der Waals surface area (Å²) in [6.07, 6.45) is -4.67. The second kappa shape index (κ2) is 15.8. The van der Waals surface area contributed by atoms with E-state index in [2.05, 4.69) is 3.68 Å². The molecule has 0 aliphatic heterocycles. The molecule has 0 heterocycles. The van der Waals surface area contributed by atoms with Gasteiger partial charge in [-0.1, -0.05) is 0 Å². The van der Waals surface area contributed by atoms with Gasteiger partial charge in [-0.25, -0.2) is 0 Å². The van der Waals surface area contributed by atoms with Gasteiger partial charge >= 0.3 is 28.7 Å². The molecule has 0 spiro atoms. The standard InChI is InChI=1S/2CH2O3.H3N.Zr/c2*2-1(3)4;;/h2*(H2,2,3,4);1H3;/q;;;+4/p-4. The number of carbonyl (C=O) groups excluding carboxylic acids is 2. The third-order valence-electron chi connectivity index (χ3n) is 0. The average molecular weight is 228 g/mol. The molecule has 0 fully saturated rings. The molecule has 0 amide bonds. The van der Waals surface area contributed by atoms with Gasteiger partial charge in [-0.15, -0.1) is 0 Å². The topological polar surface area (TPSA) is 154 Å². The Morgan fingerprint density at radius 3 is 0.900 bits per heavy atom. The van der Waals surface area contributed by atoms with Crippen LogP contribution in [0.15, 0.2) is 0 Å². The van der Waals surface area contributed by atoms with E-state index >= 15 is 0 Å². The first-order valence-electron chi connectivity index (χ1n) is 1.58. The van der Waals surface area contributed by atoms with Crippen molar-refractivity contribution in [3.8, 4) is 0 Å². The first-order valence-corrected chi connectivity index (χ1v) is 3.32. The van der Waals surface area contributed by atoms with Crippen LogP contribution in [0.25, 0.3) is 0 Å². The zero-order chi connectivity index (χ0) is 9.15. The number of hydrogen-bond acceptors (Lipinski definition) is 6. The predicted octanol–water partition coefficient (Wildman–Crippen LogP) is -6.20. The molecule has 0 aliphatic carbocycles. The minimum atomic E-state index is -2.33. The van der Waals surface area contributed by atoms with Crippen molar-refractivity contribution in [2.24, 2.45) is 0 Å². The summed E-state index contributed by atoms with van der Waals surface area (Å²) in [5.41, 5.74) is 0. The molecule has 0 rings (SSSR count). The molecule has 3 N–H and O–H groups in total. The van der Waals surface area contributed by atoms with Crippen LogP contribution in [-0.2, 0) is 25.0 Å². The van der Waals surface area contributed by atoms with E-state index in [1.807, 2.05) is 0 Å². The normalized spacial score (nSPS) is 5.50.